The summed E-state index contributed by atoms with van der Waals surface area (Å²) in [7, 11) is 0. The molecule has 2 aromatic rings. The summed E-state index contributed by atoms with van der Waals surface area (Å²) >= 11 is 0. The van der Waals surface area contributed by atoms with E-state index >= 15 is 0 Å². The number of carbonyl (C=O) groups is 1. The minimum absolute atomic E-state index is 0.353. The summed E-state index contributed by atoms with van der Waals surface area (Å²) in [6.07, 6.45) is 6.86. The van der Waals surface area contributed by atoms with E-state index in [-0.39, 0.29) is 5.97 Å². The fourth-order valence-corrected chi connectivity index (χ4v) is 1.80. The van der Waals surface area contributed by atoms with Gasteiger partial charge in [0.15, 0.2) is 0 Å². The van der Waals surface area contributed by atoms with Gasteiger partial charge in [-0.1, -0.05) is 0 Å². The normalized spacial score (nSPS) is 10.1. The zero-order valence-corrected chi connectivity index (χ0v) is 12.0. The first-order chi connectivity index (χ1) is 10.3. The quantitative estimate of drug-likeness (QED) is 0.578. The summed E-state index contributed by atoms with van der Waals surface area (Å²) < 4.78 is 10.4. The van der Waals surface area contributed by atoms with Crippen molar-refractivity contribution in [3.8, 4) is 5.88 Å². The van der Waals surface area contributed by atoms with Crippen LogP contribution < -0.4 is 4.74 Å². The van der Waals surface area contributed by atoms with E-state index in [1.54, 1.807) is 31.5 Å². The predicted molar refractivity (Wildman–Crippen MR) is 78.2 cm³/mol. The molecule has 2 rings (SSSR count). The van der Waals surface area contributed by atoms with Gasteiger partial charge in [0.1, 0.15) is 0 Å². The lowest BCUT2D eigenvalue weighted by atomic mass is 10.1. The van der Waals surface area contributed by atoms with Gasteiger partial charge in [-0.2, -0.15) is 0 Å². The molecule has 0 aliphatic heterocycles. The Kier molecular flexibility index (Phi) is 5.70. The Morgan fingerprint density at radius 1 is 1.19 bits per heavy atom. The Balaban J connectivity index is 1.75. The van der Waals surface area contributed by atoms with Crippen molar-refractivity contribution in [2.24, 2.45) is 0 Å². The van der Waals surface area contributed by atoms with Crippen molar-refractivity contribution in [2.45, 2.75) is 19.8 Å². The largest absolute Gasteiger partial charge is 0.478 e. The summed E-state index contributed by atoms with van der Waals surface area (Å²) in [6.45, 7) is 2.70. The highest BCUT2D eigenvalue weighted by molar-refractivity contribution is 5.89. The standard InChI is InChI=1S/C16H18N2O3/c1-2-20-16(19)14-5-6-15(18-12-14)21-11-3-4-13-7-9-17-10-8-13/h5-10,12H,2-4,11H2,1H3. The second-order valence-electron chi connectivity index (χ2n) is 4.41. The van der Waals surface area contributed by atoms with E-state index < -0.39 is 0 Å². The van der Waals surface area contributed by atoms with Crippen LogP contribution in [0.4, 0.5) is 0 Å². The van der Waals surface area contributed by atoms with E-state index in [9.17, 15) is 4.79 Å². The minimum Gasteiger partial charge on any atom is -0.478 e. The van der Waals surface area contributed by atoms with Crippen LogP contribution in [0.3, 0.4) is 0 Å². The molecule has 0 spiro atoms. The van der Waals surface area contributed by atoms with Crippen LogP contribution in [0.2, 0.25) is 0 Å². The number of ether oxygens (including phenoxy) is 2. The molecular weight excluding hydrogens is 268 g/mol. The van der Waals surface area contributed by atoms with Crippen LogP contribution in [0.15, 0.2) is 42.9 Å². The van der Waals surface area contributed by atoms with Crippen LogP contribution in [-0.4, -0.2) is 29.2 Å². The molecule has 110 valence electrons. The fraction of sp³-hybridized carbons (Fsp3) is 0.312. The monoisotopic (exact) mass is 286 g/mol. The Morgan fingerprint density at radius 3 is 2.67 bits per heavy atom. The lowest BCUT2D eigenvalue weighted by molar-refractivity contribution is 0.0526. The molecule has 5 heteroatoms. The molecule has 21 heavy (non-hydrogen) atoms. The van der Waals surface area contributed by atoms with E-state index in [1.807, 2.05) is 12.1 Å². The maximum Gasteiger partial charge on any atom is 0.339 e. The van der Waals surface area contributed by atoms with Gasteiger partial charge in [-0.3, -0.25) is 4.98 Å². The van der Waals surface area contributed by atoms with Gasteiger partial charge in [-0.05, 0) is 43.5 Å². The summed E-state index contributed by atoms with van der Waals surface area (Å²) in [5, 5.41) is 0. The number of pyridine rings is 2. The summed E-state index contributed by atoms with van der Waals surface area (Å²) in [4.78, 5) is 19.5. The molecular formula is C16H18N2O3. The summed E-state index contributed by atoms with van der Waals surface area (Å²) in [5.41, 5.74) is 1.67. The van der Waals surface area contributed by atoms with Gasteiger partial charge < -0.3 is 9.47 Å². The number of aromatic nitrogens is 2. The highest BCUT2D eigenvalue weighted by Crippen LogP contribution is 2.09. The highest BCUT2D eigenvalue weighted by Gasteiger charge is 2.06. The SMILES string of the molecule is CCOC(=O)c1ccc(OCCCc2ccncc2)nc1. The highest BCUT2D eigenvalue weighted by atomic mass is 16.5. The second-order valence-corrected chi connectivity index (χ2v) is 4.41. The van der Waals surface area contributed by atoms with Crippen molar-refractivity contribution >= 4 is 5.97 Å². The van der Waals surface area contributed by atoms with E-state index in [0.29, 0.717) is 24.7 Å². The van der Waals surface area contributed by atoms with Gasteiger partial charge in [0.25, 0.3) is 0 Å². The first kappa shape index (κ1) is 15.0. The third kappa shape index (κ3) is 4.87. The lowest BCUT2D eigenvalue weighted by Crippen LogP contribution is -2.06. The lowest BCUT2D eigenvalue weighted by Gasteiger charge is -2.06. The zero-order valence-electron chi connectivity index (χ0n) is 12.0. The van der Waals surface area contributed by atoms with Crippen LogP contribution >= 0.6 is 0 Å². The van der Waals surface area contributed by atoms with Crippen LogP contribution in [0.25, 0.3) is 0 Å². The summed E-state index contributed by atoms with van der Waals surface area (Å²) in [6, 6.07) is 7.32. The fourth-order valence-electron chi connectivity index (χ4n) is 1.80. The first-order valence-corrected chi connectivity index (χ1v) is 6.94. The van der Waals surface area contributed by atoms with E-state index in [2.05, 4.69) is 9.97 Å². The molecule has 0 N–H and O–H groups in total. The van der Waals surface area contributed by atoms with Gasteiger partial charge in [-0.25, -0.2) is 9.78 Å². The van der Waals surface area contributed by atoms with E-state index in [0.717, 1.165) is 12.8 Å². The van der Waals surface area contributed by atoms with Crippen molar-refractivity contribution < 1.29 is 14.3 Å². The van der Waals surface area contributed by atoms with Crippen molar-refractivity contribution in [1.29, 1.82) is 0 Å². The molecule has 2 heterocycles. The third-order valence-electron chi connectivity index (χ3n) is 2.86. The molecule has 0 aromatic carbocycles. The van der Waals surface area contributed by atoms with E-state index in [1.165, 1.54) is 11.8 Å². The molecule has 0 atom stereocenters. The minimum atomic E-state index is -0.366. The molecule has 0 radical (unpaired) electrons. The van der Waals surface area contributed by atoms with Crippen LogP contribution in [0, 0.1) is 0 Å². The maximum atomic E-state index is 11.5. The average Bonchev–Trinajstić information content (AvgIpc) is 2.53. The predicted octanol–water partition coefficient (Wildman–Crippen LogP) is 2.66. The van der Waals surface area contributed by atoms with Crippen LogP contribution in [0.1, 0.15) is 29.3 Å². The van der Waals surface area contributed by atoms with E-state index in [4.69, 9.17) is 9.47 Å². The number of carbonyl (C=O) groups excluding carboxylic acids is 1. The molecule has 0 unspecified atom stereocenters. The molecule has 0 aliphatic carbocycles. The van der Waals surface area contributed by atoms with Crippen LogP contribution in [0.5, 0.6) is 5.88 Å². The zero-order chi connectivity index (χ0) is 14.9. The Hall–Kier alpha value is -2.43. The van der Waals surface area contributed by atoms with Crippen molar-refractivity contribution in [2.75, 3.05) is 13.2 Å². The van der Waals surface area contributed by atoms with Gasteiger partial charge >= 0.3 is 5.97 Å². The molecule has 0 amide bonds. The van der Waals surface area contributed by atoms with Gasteiger partial charge in [0.2, 0.25) is 5.88 Å². The van der Waals surface area contributed by atoms with Crippen molar-refractivity contribution in [3.05, 3.63) is 54.0 Å². The number of esters is 1. The summed E-state index contributed by atoms with van der Waals surface area (Å²) in [5.74, 6) is 0.145. The second kappa shape index (κ2) is 7.99. The molecule has 5 nitrogen and oxygen atoms in total. The van der Waals surface area contributed by atoms with Gasteiger partial charge in [0, 0.05) is 24.7 Å². The smallest absolute Gasteiger partial charge is 0.339 e. The Bertz CT molecular complexity index is 555. The first-order valence-electron chi connectivity index (χ1n) is 6.94. The average molecular weight is 286 g/mol. The number of rotatable bonds is 7. The Labute approximate surface area is 124 Å². The maximum absolute atomic E-state index is 11.5. The number of hydrogen-bond donors (Lipinski definition) is 0. The molecule has 0 saturated carbocycles. The molecule has 2 aromatic heterocycles. The molecule has 0 bridgehead atoms. The third-order valence-corrected chi connectivity index (χ3v) is 2.86. The van der Waals surface area contributed by atoms with Gasteiger partial charge in [-0.15, -0.1) is 0 Å². The molecule has 0 aliphatic rings. The number of aryl methyl sites for hydroxylation is 1. The van der Waals surface area contributed by atoms with Crippen LogP contribution in [-0.2, 0) is 11.2 Å². The van der Waals surface area contributed by atoms with Crippen molar-refractivity contribution in [1.82, 2.24) is 9.97 Å². The topological polar surface area (TPSA) is 61.3 Å². The van der Waals surface area contributed by atoms with Crippen molar-refractivity contribution in [3.63, 3.8) is 0 Å². The number of hydrogen-bond acceptors (Lipinski definition) is 5. The molecule has 0 saturated heterocycles. The van der Waals surface area contributed by atoms with Gasteiger partial charge in [0.05, 0.1) is 18.8 Å². The number of nitrogens with zero attached hydrogens (tertiary/aromatic N) is 2. The Morgan fingerprint density at radius 2 is 2.00 bits per heavy atom. The molecule has 0 fully saturated rings.